The molecule has 1 amide bonds. The quantitative estimate of drug-likeness (QED) is 0.366. The first-order chi connectivity index (χ1) is 14.9. The van der Waals surface area contributed by atoms with Crippen LogP contribution >= 0.6 is 11.6 Å². The minimum atomic E-state index is -0.900. The monoisotopic (exact) mass is 434 g/mol. The van der Waals surface area contributed by atoms with Crippen LogP contribution in [0, 0.1) is 6.92 Å². The predicted octanol–water partition coefficient (Wildman–Crippen LogP) is 4.68. The number of hydrogen-bond acceptors (Lipinski definition) is 5. The number of ketones is 1. The highest BCUT2D eigenvalue weighted by atomic mass is 35.5. The zero-order valence-corrected chi connectivity index (χ0v) is 17.6. The van der Waals surface area contributed by atoms with Gasteiger partial charge in [0.2, 0.25) is 0 Å². The number of Topliss-reactive ketones (excluding diaryl/α,β-unsaturated/α-hetero) is 1. The van der Waals surface area contributed by atoms with E-state index in [0.29, 0.717) is 27.6 Å². The largest absolute Gasteiger partial charge is 0.507 e. The van der Waals surface area contributed by atoms with Crippen LogP contribution < -0.4 is 9.64 Å². The molecule has 3 aromatic rings. The Bertz CT molecular complexity index is 1210. The summed E-state index contributed by atoms with van der Waals surface area (Å²) in [7, 11) is 1.51. The number of nitrogens with zero attached hydrogens (tertiary/aromatic N) is 2. The Labute approximate surface area is 184 Å². The number of aliphatic hydroxyl groups is 1. The number of halogens is 1. The molecule has 4 rings (SSSR count). The van der Waals surface area contributed by atoms with E-state index in [0.717, 1.165) is 5.56 Å². The summed E-state index contributed by atoms with van der Waals surface area (Å²) < 4.78 is 5.50. The lowest BCUT2D eigenvalue weighted by atomic mass is 9.94. The highest BCUT2D eigenvalue weighted by Crippen LogP contribution is 2.45. The summed E-state index contributed by atoms with van der Waals surface area (Å²) >= 11 is 6.31. The summed E-state index contributed by atoms with van der Waals surface area (Å²) in [4.78, 5) is 31.6. The number of benzene rings is 2. The first kappa shape index (κ1) is 20.6. The summed E-state index contributed by atoms with van der Waals surface area (Å²) in [6.07, 6.45) is 3.01. The van der Waals surface area contributed by atoms with Crippen LogP contribution in [0.3, 0.4) is 0 Å². The van der Waals surface area contributed by atoms with Crippen LogP contribution in [0.5, 0.6) is 5.75 Å². The molecule has 1 N–H and O–H groups in total. The highest BCUT2D eigenvalue weighted by Gasteiger charge is 2.48. The number of hydrogen-bond donors (Lipinski definition) is 1. The van der Waals surface area contributed by atoms with Crippen molar-refractivity contribution < 1.29 is 19.4 Å². The van der Waals surface area contributed by atoms with Gasteiger partial charge in [0.25, 0.3) is 11.7 Å². The smallest absolute Gasteiger partial charge is 0.300 e. The molecule has 6 nitrogen and oxygen atoms in total. The molecule has 1 aliphatic rings. The zero-order valence-electron chi connectivity index (χ0n) is 16.9. The van der Waals surface area contributed by atoms with Crippen molar-refractivity contribution in [2.24, 2.45) is 0 Å². The van der Waals surface area contributed by atoms with Gasteiger partial charge in [-0.2, -0.15) is 0 Å². The van der Waals surface area contributed by atoms with Crippen molar-refractivity contribution >= 4 is 34.7 Å². The number of amides is 1. The molecule has 2 aromatic carbocycles. The van der Waals surface area contributed by atoms with Crippen molar-refractivity contribution in [1.29, 1.82) is 0 Å². The van der Waals surface area contributed by atoms with Crippen LogP contribution in [0.2, 0.25) is 5.02 Å². The van der Waals surface area contributed by atoms with E-state index in [1.54, 1.807) is 54.6 Å². The van der Waals surface area contributed by atoms with Gasteiger partial charge in [-0.15, -0.1) is 0 Å². The van der Waals surface area contributed by atoms with Gasteiger partial charge in [0.05, 0.1) is 18.7 Å². The van der Waals surface area contributed by atoms with Gasteiger partial charge in [0.15, 0.2) is 0 Å². The number of aromatic nitrogens is 1. The molecule has 1 saturated heterocycles. The molecule has 1 aromatic heterocycles. The first-order valence-corrected chi connectivity index (χ1v) is 9.92. The van der Waals surface area contributed by atoms with Crippen LogP contribution in [-0.2, 0) is 9.59 Å². The molecule has 0 spiro atoms. The van der Waals surface area contributed by atoms with Gasteiger partial charge in [-0.1, -0.05) is 35.9 Å². The number of rotatable bonds is 4. The molecule has 1 unspecified atom stereocenters. The second-order valence-electron chi connectivity index (χ2n) is 7.08. The number of pyridine rings is 1. The number of methoxy groups -OCH3 is 1. The van der Waals surface area contributed by atoms with Crippen molar-refractivity contribution in [3.8, 4) is 5.75 Å². The first-order valence-electron chi connectivity index (χ1n) is 9.54. The normalized spacial score (nSPS) is 17.8. The summed E-state index contributed by atoms with van der Waals surface area (Å²) in [6.45, 7) is 1.85. The number of anilines is 1. The Morgan fingerprint density at radius 3 is 2.48 bits per heavy atom. The van der Waals surface area contributed by atoms with Crippen LogP contribution in [0.4, 0.5) is 5.69 Å². The number of ether oxygens (including phenoxy) is 1. The molecule has 1 fully saturated rings. The fourth-order valence-electron chi connectivity index (χ4n) is 3.68. The third-order valence-electron chi connectivity index (χ3n) is 5.27. The van der Waals surface area contributed by atoms with Crippen molar-refractivity contribution in [1.82, 2.24) is 4.98 Å². The summed E-state index contributed by atoms with van der Waals surface area (Å²) in [6, 6.07) is 14.5. The Morgan fingerprint density at radius 2 is 1.81 bits per heavy atom. The van der Waals surface area contributed by atoms with Gasteiger partial charge < -0.3 is 9.84 Å². The van der Waals surface area contributed by atoms with E-state index in [4.69, 9.17) is 16.3 Å². The third-order valence-corrected chi connectivity index (χ3v) is 5.67. The molecular weight excluding hydrogens is 416 g/mol. The van der Waals surface area contributed by atoms with E-state index in [1.807, 2.05) is 6.92 Å². The summed E-state index contributed by atoms with van der Waals surface area (Å²) in [5, 5.41) is 11.5. The molecular formula is C24H19ClN2O4. The van der Waals surface area contributed by atoms with E-state index in [1.165, 1.54) is 24.4 Å². The molecule has 31 heavy (non-hydrogen) atoms. The maximum Gasteiger partial charge on any atom is 0.300 e. The Kier molecular flexibility index (Phi) is 5.48. The fraction of sp³-hybridized carbons (Fsp3) is 0.125. The SMILES string of the molecule is COc1ccccc1C1/C(=C(\O)c2ccncc2)C(=O)C(=O)N1c1ccc(C)c(Cl)c1. The van der Waals surface area contributed by atoms with Crippen LogP contribution in [0.15, 0.2) is 72.6 Å². The van der Waals surface area contributed by atoms with Crippen molar-refractivity contribution in [3.05, 3.63) is 94.3 Å². The van der Waals surface area contributed by atoms with E-state index >= 15 is 0 Å². The summed E-state index contributed by atoms with van der Waals surface area (Å²) in [5.41, 5.74) is 2.21. The Balaban J connectivity index is 2.00. The lowest BCUT2D eigenvalue weighted by Crippen LogP contribution is -2.29. The summed E-state index contributed by atoms with van der Waals surface area (Å²) in [5.74, 6) is -1.34. The van der Waals surface area contributed by atoms with E-state index in [9.17, 15) is 14.7 Å². The van der Waals surface area contributed by atoms with Gasteiger partial charge in [-0.05, 0) is 42.8 Å². The number of aryl methyl sites for hydroxylation is 1. The Morgan fingerprint density at radius 1 is 1.10 bits per heavy atom. The molecule has 0 saturated carbocycles. The number of carbonyl (C=O) groups is 2. The van der Waals surface area contributed by atoms with E-state index in [2.05, 4.69) is 4.98 Å². The standard InChI is InChI=1S/C24H19ClN2O4/c1-14-7-8-16(13-18(14)25)27-21(17-5-3-4-6-19(17)31-2)20(23(29)24(27)30)22(28)15-9-11-26-12-10-15/h3-13,21,28H,1-2H3/b22-20+. The maximum atomic E-state index is 13.2. The fourth-order valence-corrected chi connectivity index (χ4v) is 3.86. The molecule has 156 valence electrons. The van der Waals surface area contributed by atoms with E-state index in [-0.39, 0.29) is 11.3 Å². The van der Waals surface area contributed by atoms with Gasteiger partial charge in [0, 0.05) is 34.2 Å². The molecule has 0 radical (unpaired) electrons. The van der Waals surface area contributed by atoms with Crippen LogP contribution in [0.25, 0.3) is 5.76 Å². The Hall–Kier alpha value is -3.64. The molecule has 0 aliphatic carbocycles. The average molecular weight is 435 g/mol. The second kappa shape index (κ2) is 8.24. The second-order valence-corrected chi connectivity index (χ2v) is 7.49. The van der Waals surface area contributed by atoms with Crippen LogP contribution in [-0.4, -0.2) is 28.9 Å². The molecule has 1 aliphatic heterocycles. The zero-order chi connectivity index (χ0) is 22.1. The predicted molar refractivity (Wildman–Crippen MR) is 118 cm³/mol. The maximum absolute atomic E-state index is 13.2. The third kappa shape index (κ3) is 3.55. The van der Waals surface area contributed by atoms with Crippen LogP contribution in [0.1, 0.15) is 22.7 Å². The van der Waals surface area contributed by atoms with Crippen molar-refractivity contribution in [3.63, 3.8) is 0 Å². The van der Waals surface area contributed by atoms with Gasteiger partial charge in [-0.3, -0.25) is 19.5 Å². The van der Waals surface area contributed by atoms with Crippen molar-refractivity contribution in [2.75, 3.05) is 12.0 Å². The molecule has 0 bridgehead atoms. The average Bonchev–Trinajstić information content (AvgIpc) is 3.06. The van der Waals surface area contributed by atoms with Crippen molar-refractivity contribution in [2.45, 2.75) is 13.0 Å². The minimum absolute atomic E-state index is 0.0302. The van der Waals surface area contributed by atoms with Gasteiger partial charge in [0.1, 0.15) is 11.5 Å². The molecule has 2 heterocycles. The number of carbonyl (C=O) groups excluding carboxylic acids is 2. The highest BCUT2D eigenvalue weighted by molar-refractivity contribution is 6.52. The lowest BCUT2D eigenvalue weighted by molar-refractivity contribution is -0.132. The van der Waals surface area contributed by atoms with Gasteiger partial charge in [-0.25, -0.2) is 0 Å². The number of para-hydroxylation sites is 1. The number of aliphatic hydroxyl groups excluding tert-OH is 1. The molecule has 7 heteroatoms. The van der Waals surface area contributed by atoms with Gasteiger partial charge >= 0.3 is 0 Å². The minimum Gasteiger partial charge on any atom is -0.507 e. The van der Waals surface area contributed by atoms with E-state index < -0.39 is 17.7 Å². The lowest BCUT2D eigenvalue weighted by Gasteiger charge is -2.27. The topological polar surface area (TPSA) is 79.7 Å². The molecule has 1 atom stereocenters.